The average Bonchev–Trinajstić information content (AvgIpc) is 3.15. The van der Waals surface area contributed by atoms with Gasteiger partial charge < -0.3 is 14.4 Å². The molecule has 1 aromatic heterocycles. The Kier molecular flexibility index (Phi) is 5.63. The highest BCUT2D eigenvalue weighted by molar-refractivity contribution is 7.86. The number of rotatable bonds is 5. The molecule has 0 spiro atoms. The van der Waals surface area contributed by atoms with Crippen LogP contribution in [0.3, 0.4) is 0 Å². The molecule has 0 aliphatic carbocycles. The van der Waals surface area contributed by atoms with E-state index in [1.807, 2.05) is 31.2 Å². The summed E-state index contributed by atoms with van der Waals surface area (Å²) in [6.45, 7) is 2.84. The van der Waals surface area contributed by atoms with Crippen molar-refractivity contribution in [2.24, 2.45) is 0 Å². The van der Waals surface area contributed by atoms with E-state index < -0.39 is 16.1 Å². The second-order valence-corrected chi connectivity index (χ2v) is 9.90. The van der Waals surface area contributed by atoms with Crippen LogP contribution in [0, 0.1) is 6.92 Å². The van der Waals surface area contributed by atoms with Crippen molar-refractivity contribution in [1.29, 1.82) is 0 Å². The highest BCUT2D eigenvalue weighted by Gasteiger charge is 2.23. The number of carbonyl (C=O) groups is 1. The number of ether oxygens (including phenoxy) is 1. The number of aromatic nitrogens is 1. The van der Waals surface area contributed by atoms with E-state index in [1.165, 1.54) is 12.1 Å². The van der Waals surface area contributed by atoms with Crippen molar-refractivity contribution in [2.75, 3.05) is 6.61 Å². The number of fused-ring (bicyclic) bond motifs is 5. The van der Waals surface area contributed by atoms with Gasteiger partial charge >= 0.3 is 5.97 Å². The van der Waals surface area contributed by atoms with Gasteiger partial charge in [-0.15, -0.1) is 0 Å². The molecule has 5 rings (SSSR count). The van der Waals surface area contributed by atoms with E-state index in [0.29, 0.717) is 24.5 Å². The quantitative estimate of drug-likeness (QED) is 0.407. The fraction of sp³-hybridized carbons (Fsp3) is 0.192. The van der Waals surface area contributed by atoms with Crippen LogP contribution in [0.5, 0.6) is 5.75 Å². The molecular weight excluding hydrogens is 454 g/mol. The minimum absolute atomic E-state index is 0.100. The van der Waals surface area contributed by atoms with E-state index in [1.54, 1.807) is 30.3 Å². The molecule has 7 nitrogen and oxygen atoms in total. The van der Waals surface area contributed by atoms with Crippen molar-refractivity contribution in [3.63, 3.8) is 0 Å². The molecule has 0 bridgehead atoms. The van der Waals surface area contributed by atoms with Crippen LogP contribution in [-0.2, 0) is 27.5 Å². The van der Waals surface area contributed by atoms with E-state index >= 15 is 0 Å². The number of hydrogen-bond acceptors (Lipinski definition) is 5. The van der Waals surface area contributed by atoms with E-state index in [2.05, 4.69) is 4.57 Å². The summed E-state index contributed by atoms with van der Waals surface area (Å²) in [7, 11) is -3.95. The maximum atomic E-state index is 12.8. The molecule has 0 atom stereocenters. The maximum absolute atomic E-state index is 12.8. The molecule has 0 unspecified atom stereocenters. The first kappa shape index (κ1) is 22.2. The van der Waals surface area contributed by atoms with Gasteiger partial charge in [0.15, 0.2) is 0 Å². The molecule has 0 saturated heterocycles. The van der Waals surface area contributed by atoms with Crippen molar-refractivity contribution in [1.82, 2.24) is 4.57 Å². The molecule has 8 heteroatoms. The minimum atomic E-state index is -3.95. The zero-order valence-corrected chi connectivity index (χ0v) is 19.3. The number of nitrogens with zero attached hydrogens (tertiary/aromatic N) is 1. The molecule has 0 radical (unpaired) electrons. The standard InChI is InChI=1S/C26H23NO6S/c1-17-6-10-21(11-7-17)34(30,31)33-16-20-4-2-5-24-25(20)23-14-18-8-9-19(26(28)29)15-22(18)27(23)12-3-13-32-24/h2,4-11,14-15H,3,12-13,16H2,1H3,(H,28,29). The number of hydrogen-bond donors (Lipinski definition) is 1. The van der Waals surface area contributed by atoms with Gasteiger partial charge in [0.25, 0.3) is 10.1 Å². The van der Waals surface area contributed by atoms with Crippen molar-refractivity contribution < 1.29 is 27.2 Å². The van der Waals surface area contributed by atoms with Gasteiger partial charge in [0.2, 0.25) is 0 Å². The summed E-state index contributed by atoms with van der Waals surface area (Å²) in [6, 6.07) is 19.0. The normalized spacial score (nSPS) is 13.4. The molecule has 0 fully saturated rings. The Morgan fingerprint density at radius 1 is 1.09 bits per heavy atom. The lowest BCUT2D eigenvalue weighted by molar-refractivity contribution is 0.0697. The van der Waals surface area contributed by atoms with Crippen LogP contribution in [0.4, 0.5) is 0 Å². The molecular formula is C26H23NO6S. The van der Waals surface area contributed by atoms with Gasteiger partial charge in [-0.25, -0.2) is 4.79 Å². The highest BCUT2D eigenvalue weighted by Crippen LogP contribution is 2.39. The van der Waals surface area contributed by atoms with Crippen molar-refractivity contribution in [3.8, 4) is 17.0 Å². The van der Waals surface area contributed by atoms with Crippen LogP contribution in [0.2, 0.25) is 0 Å². The zero-order valence-electron chi connectivity index (χ0n) is 18.5. The lowest BCUT2D eigenvalue weighted by atomic mass is 10.0. The third-order valence-electron chi connectivity index (χ3n) is 5.98. The lowest BCUT2D eigenvalue weighted by Gasteiger charge is -2.21. The number of aromatic carboxylic acids is 1. The van der Waals surface area contributed by atoms with Gasteiger partial charge in [-0.2, -0.15) is 8.42 Å². The molecule has 4 aromatic rings. The summed E-state index contributed by atoms with van der Waals surface area (Å²) in [6.07, 6.45) is 0.746. The highest BCUT2D eigenvalue weighted by atomic mass is 32.2. The number of benzene rings is 3. The smallest absolute Gasteiger partial charge is 0.335 e. The summed E-state index contributed by atoms with van der Waals surface area (Å²) >= 11 is 0. The molecule has 0 amide bonds. The fourth-order valence-corrected chi connectivity index (χ4v) is 5.15. The number of aryl methyl sites for hydroxylation is 2. The van der Waals surface area contributed by atoms with Crippen LogP contribution >= 0.6 is 0 Å². The Bertz CT molecular complexity index is 1500. The van der Waals surface area contributed by atoms with Crippen LogP contribution in [0.1, 0.15) is 27.9 Å². The Balaban J connectivity index is 1.58. The summed E-state index contributed by atoms with van der Waals surface area (Å²) < 4.78 is 39.1. The van der Waals surface area contributed by atoms with E-state index in [-0.39, 0.29) is 17.1 Å². The van der Waals surface area contributed by atoms with Crippen molar-refractivity contribution >= 4 is 27.0 Å². The predicted octanol–water partition coefficient (Wildman–Crippen LogP) is 5.00. The SMILES string of the molecule is Cc1ccc(S(=O)(=O)OCc2cccc3c2-c2cc4ccc(C(=O)O)cc4n2CCCO3)cc1. The van der Waals surface area contributed by atoms with Crippen LogP contribution in [-0.4, -0.2) is 30.7 Å². The average molecular weight is 478 g/mol. The molecule has 1 aliphatic rings. The van der Waals surface area contributed by atoms with Gasteiger partial charge in [-0.05, 0) is 55.3 Å². The van der Waals surface area contributed by atoms with Crippen LogP contribution < -0.4 is 4.74 Å². The Labute approximate surface area is 197 Å². The lowest BCUT2D eigenvalue weighted by Crippen LogP contribution is -2.12. The monoisotopic (exact) mass is 477 g/mol. The third kappa shape index (κ3) is 4.06. The second kappa shape index (κ2) is 8.62. The van der Waals surface area contributed by atoms with Gasteiger partial charge in [0, 0.05) is 23.0 Å². The van der Waals surface area contributed by atoms with Crippen molar-refractivity contribution in [2.45, 2.75) is 31.4 Å². The first-order valence-electron chi connectivity index (χ1n) is 10.9. The number of carboxylic acids is 1. The summed E-state index contributed by atoms with van der Waals surface area (Å²) in [5.41, 5.74) is 4.23. The topological polar surface area (TPSA) is 94.8 Å². The predicted molar refractivity (Wildman–Crippen MR) is 128 cm³/mol. The van der Waals surface area contributed by atoms with Gasteiger partial charge in [-0.3, -0.25) is 4.18 Å². The van der Waals surface area contributed by atoms with Crippen molar-refractivity contribution in [3.05, 3.63) is 83.4 Å². The van der Waals surface area contributed by atoms with E-state index in [4.69, 9.17) is 8.92 Å². The van der Waals surface area contributed by atoms with Crippen LogP contribution in [0.15, 0.2) is 71.6 Å². The Morgan fingerprint density at radius 3 is 2.65 bits per heavy atom. The molecule has 3 aromatic carbocycles. The van der Waals surface area contributed by atoms with Crippen LogP contribution in [0.25, 0.3) is 22.2 Å². The Hall–Kier alpha value is -3.62. The Morgan fingerprint density at radius 2 is 1.88 bits per heavy atom. The summed E-state index contributed by atoms with van der Waals surface area (Å²) in [5.74, 6) is -0.349. The third-order valence-corrected chi connectivity index (χ3v) is 7.26. The van der Waals surface area contributed by atoms with Gasteiger partial charge in [-0.1, -0.05) is 35.9 Å². The maximum Gasteiger partial charge on any atom is 0.335 e. The first-order valence-corrected chi connectivity index (χ1v) is 12.3. The van der Waals surface area contributed by atoms with Gasteiger partial charge in [0.1, 0.15) is 5.75 Å². The molecule has 1 N–H and O–H groups in total. The van der Waals surface area contributed by atoms with Gasteiger partial charge in [0.05, 0.1) is 29.4 Å². The first-order chi connectivity index (χ1) is 16.3. The zero-order chi connectivity index (χ0) is 23.9. The summed E-state index contributed by atoms with van der Waals surface area (Å²) in [5, 5.41) is 10.3. The van der Waals surface area contributed by atoms with E-state index in [9.17, 15) is 18.3 Å². The minimum Gasteiger partial charge on any atom is -0.493 e. The molecule has 174 valence electrons. The molecule has 2 heterocycles. The number of carboxylic acid groups (broad SMARTS) is 1. The fourth-order valence-electron chi connectivity index (χ4n) is 4.26. The largest absolute Gasteiger partial charge is 0.493 e. The second-order valence-electron chi connectivity index (χ2n) is 8.28. The molecule has 34 heavy (non-hydrogen) atoms. The van der Waals surface area contributed by atoms with E-state index in [0.717, 1.165) is 34.1 Å². The summed E-state index contributed by atoms with van der Waals surface area (Å²) in [4.78, 5) is 11.6. The molecule has 0 saturated carbocycles. The molecule has 1 aliphatic heterocycles.